The van der Waals surface area contributed by atoms with E-state index in [0.717, 1.165) is 26.1 Å². The Labute approximate surface area is 77.8 Å². The Kier molecular flexibility index (Phi) is 4.18. The lowest BCUT2D eigenvalue weighted by Gasteiger charge is -2.23. The second-order valence-corrected chi connectivity index (χ2v) is 3.33. The maximum atomic E-state index is 10.9. The van der Waals surface area contributed by atoms with Crippen molar-refractivity contribution in [2.75, 3.05) is 20.3 Å². The van der Waals surface area contributed by atoms with Crippen molar-refractivity contribution in [1.82, 2.24) is 0 Å². The van der Waals surface area contributed by atoms with Gasteiger partial charge in [-0.1, -0.05) is 0 Å². The van der Waals surface area contributed by atoms with Gasteiger partial charge in [0.1, 0.15) is 0 Å². The molecule has 0 saturated carbocycles. The summed E-state index contributed by atoms with van der Waals surface area (Å²) >= 11 is 0. The van der Waals surface area contributed by atoms with E-state index in [1.54, 1.807) is 0 Å². The van der Waals surface area contributed by atoms with E-state index in [4.69, 9.17) is 4.74 Å². The molecule has 1 N–H and O–H groups in total. The van der Waals surface area contributed by atoms with Crippen LogP contribution < -0.4 is 0 Å². The van der Waals surface area contributed by atoms with Crippen LogP contribution in [0.15, 0.2) is 0 Å². The van der Waals surface area contributed by atoms with Crippen LogP contribution in [0.3, 0.4) is 0 Å². The Morgan fingerprint density at radius 3 is 2.77 bits per heavy atom. The standard InChI is InChI=1S/C9H16O4/c1-12-9(11)8(10)6-7-2-4-13-5-3-7/h7-8,10H,2-6H2,1H3/t8-/m1/s1. The number of rotatable bonds is 3. The fourth-order valence-electron chi connectivity index (χ4n) is 1.53. The van der Waals surface area contributed by atoms with Crippen LogP contribution >= 0.6 is 0 Å². The van der Waals surface area contributed by atoms with Crippen molar-refractivity contribution in [3.63, 3.8) is 0 Å². The highest BCUT2D eigenvalue weighted by Crippen LogP contribution is 2.20. The van der Waals surface area contributed by atoms with E-state index in [0.29, 0.717) is 12.3 Å². The molecular weight excluding hydrogens is 172 g/mol. The minimum absolute atomic E-state index is 0.392. The van der Waals surface area contributed by atoms with Crippen molar-refractivity contribution in [2.45, 2.75) is 25.4 Å². The van der Waals surface area contributed by atoms with Gasteiger partial charge >= 0.3 is 5.97 Å². The van der Waals surface area contributed by atoms with Gasteiger partial charge in [-0.3, -0.25) is 0 Å². The first kappa shape index (κ1) is 10.5. The highest BCUT2D eigenvalue weighted by Gasteiger charge is 2.22. The zero-order chi connectivity index (χ0) is 9.68. The van der Waals surface area contributed by atoms with Gasteiger partial charge < -0.3 is 14.6 Å². The molecule has 0 aromatic heterocycles. The summed E-state index contributed by atoms with van der Waals surface area (Å²) < 4.78 is 9.60. The summed E-state index contributed by atoms with van der Waals surface area (Å²) in [6, 6.07) is 0. The summed E-state index contributed by atoms with van der Waals surface area (Å²) in [6.45, 7) is 1.47. The average Bonchev–Trinajstić information content (AvgIpc) is 2.18. The molecule has 0 unspecified atom stereocenters. The molecule has 76 valence electrons. The van der Waals surface area contributed by atoms with Gasteiger partial charge in [-0.05, 0) is 25.2 Å². The number of carbonyl (C=O) groups excluding carboxylic acids is 1. The Balaban J connectivity index is 2.25. The van der Waals surface area contributed by atoms with Crippen LogP contribution in [0.25, 0.3) is 0 Å². The lowest BCUT2D eigenvalue weighted by molar-refractivity contribution is -0.151. The highest BCUT2D eigenvalue weighted by molar-refractivity contribution is 5.74. The van der Waals surface area contributed by atoms with Crippen molar-refractivity contribution in [3.05, 3.63) is 0 Å². The lowest BCUT2D eigenvalue weighted by atomic mass is 9.94. The SMILES string of the molecule is COC(=O)[C@H](O)CC1CCOCC1. The van der Waals surface area contributed by atoms with Gasteiger partial charge in [0, 0.05) is 13.2 Å². The Hall–Kier alpha value is -0.610. The zero-order valence-electron chi connectivity index (χ0n) is 7.86. The summed E-state index contributed by atoms with van der Waals surface area (Å²) in [6.07, 6.45) is 1.38. The summed E-state index contributed by atoms with van der Waals surface area (Å²) in [7, 11) is 1.29. The predicted molar refractivity (Wildman–Crippen MR) is 46.2 cm³/mol. The molecule has 0 aliphatic carbocycles. The van der Waals surface area contributed by atoms with Crippen LogP contribution in [0.2, 0.25) is 0 Å². The third-order valence-electron chi connectivity index (χ3n) is 2.37. The highest BCUT2D eigenvalue weighted by atomic mass is 16.5. The van der Waals surface area contributed by atoms with E-state index in [-0.39, 0.29) is 0 Å². The molecule has 1 heterocycles. The number of hydrogen-bond donors (Lipinski definition) is 1. The molecule has 0 aromatic carbocycles. The van der Waals surface area contributed by atoms with E-state index < -0.39 is 12.1 Å². The summed E-state index contributed by atoms with van der Waals surface area (Å²) in [5, 5.41) is 9.35. The quantitative estimate of drug-likeness (QED) is 0.649. The van der Waals surface area contributed by atoms with Gasteiger partial charge in [-0.2, -0.15) is 0 Å². The Morgan fingerprint density at radius 1 is 1.62 bits per heavy atom. The molecule has 0 amide bonds. The number of aliphatic hydroxyl groups excluding tert-OH is 1. The summed E-state index contributed by atoms with van der Waals surface area (Å²) in [5.41, 5.74) is 0. The van der Waals surface area contributed by atoms with Crippen molar-refractivity contribution in [2.24, 2.45) is 5.92 Å². The van der Waals surface area contributed by atoms with E-state index >= 15 is 0 Å². The molecule has 4 nitrogen and oxygen atoms in total. The molecule has 1 aliphatic rings. The molecule has 0 aromatic rings. The molecular formula is C9H16O4. The van der Waals surface area contributed by atoms with Gasteiger partial charge in [-0.15, -0.1) is 0 Å². The average molecular weight is 188 g/mol. The van der Waals surface area contributed by atoms with E-state index in [1.807, 2.05) is 0 Å². The van der Waals surface area contributed by atoms with Crippen LogP contribution in [0.5, 0.6) is 0 Å². The van der Waals surface area contributed by atoms with E-state index in [1.165, 1.54) is 7.11 Å². The molecule has 1 fully saturated rings. The van der Waals surface area contributed by atoms with Gasteiger partial charge in [-0.25, -0.2) is 4.79 Å². The maximum absolute atomic E-state index is 10.9. The van der Waals surface area contributed by atoms with E-state index in [9.17, 15) is 9.90 Å². The topological polar surface area (TPSA) is 55.8 Å². The number of esters is 1. The van der Waals surface area contributed by atoms with Gasteiger partial charge in [0.05, 0.1) is 7.11 Å². The summed E-state index contributed by atoms with van der Waals surface area (Å²) in [5.74, 6) is -0.144. The molecule has 0 spiro atoms. The fourth-order valence-corrected chi connectivity index (χ4v) is 1.53. The first-order valence-corrected chi connectivity index (χ1v) is 4.57. The zero-order valence-corrected chi connectivity index (χ0v) is 7.86. The predicted octanol–water partition coefficient (Wildman–Crippen LogP) is 0.337. The minimum atomic E-state index is -0.965. The number of carbonyl (C=O) groups is 1. The van der Waals surface area contributed by atoms with Gasteiger partial charge in [0.25, 0.3) is 0 Å². The lowest BCUT2D eigenvalue weighted by Crippen LogP contribution is -2.27. The van der Waals surface area contributed by atoms with Crippen molar-refractivity contribution < 1.29 is 19.4 Å². The first-order valence-electron chi connectivity index (χ1n) is 4.57. The van der Waals surface area contributed by atoms with Crippen LogP contribution in [-0.4, -0.2) is 37.5 Å². The smallest absolute Gasteiger partial charge is 0.334 e. The molecule has 4 heteroatoms. The normalized spacial score (nSPS) is 21.1. The Bertz CT molecular complexity index is 163. The second kappa shape index (κ2) is 5.19. The summed E-state index contributed by atoms with van der Waals surface area (Å²) in [4.78, 5) is 10.9. The van der Waals surface area contributed by atoms with Crippen molar-refractivity contribution in [1.29, 1.82) is 0 Å². The maximum Gasteiger partial charge on any atom is 0.334 e. The molecule has 1 aliphatic heterocycles. The fraction of sp³-hybridized carbons (Fsp3) is 0.889. The van der Waals surface area contributed by atoms with Crippen LogP contribution in [0.1, 0.15) is 19.3 Å². The van der Waals surface area contributed by atoms with Crippen molar-refractivity contribution >= 4 is 5.97 Å². The van der Waals surface area contributed by atoms with Crippen LogP contribution in [0.4, 0.5) is 0 Å². The monoisotopic (exact) mass is 188 g/mol. The molecule has 13 heavy (non-hydrogen) atoms. The van der Waals surface area contributed by atoms with Crippen LogP contribution in [-0.2, 0) is 14.3 Å². The molecule has 1 rings (SSSR count). The number of hydrogen-bond acceptors (Lipinski definition) is 4. The third-order valence-corrected chi connectivity index (χ3v) is 2.37. The first-order chi connectivity index (χ1) is 6.24. The number of ether oxygens (including phenoxy) is 2. The largest absolute Gasteiger partial charge is 0.467 e. The molecule has 1 saturated heterocycles. The third kappa shape index (κ3) is 3.32. The molecule has 0 radical (unpaired) electrons. The van der Waals surface area contributed by atoms with Crippen LogP contribution in [0, 0.1) is 5.92 Å². The number of methoxy groups -OCH3 is 1. The Morgan fingerprint density at radius 2 is 2.23 bits per heavy atom. The number of aliphatic hydroxyl groups is 1. The minimum Gasteiger partial charge on any atom is -0.467 e. The van der Waals surface area contributed by atoms with Gasteiger partial charge in [0.15, 0.2) is 6.10 Å². The van der Waals surface area contributed by atoms with Crippen molar-refractivity contribution in [3.8, 4) is 0 Å². The molecule has 1 atom stereocenters. The van der Waals surface area contributed by atoms with Gasteiger partial charge in [0.2, 0.25) is 0 Å². The second-order valence-electron chi connectivity index (χ2n) is 3.33. The van der Waals surface area contributed by atoms with E-state index in [2.05, 4.69) is 4.74 Å². The molecule has 0 bridgehead atoms.